The van der Waals surface area contributed by atoms with Crippen molar-refractivity contribution in [2.45, 2.75) is 32.9 Å². The highest BCUT2D eigenvalue weighted by Crippen LogP contribution is 2.54. The van der Waals surface area contributed by atoms with Crippen LogP contribution in [0.4, 0.5) is 0 Å². The van der Waals surface area contributed by atoms with Gasteiger partial charge in [0.05, 0.1) is 16.0 Å². The van der Waals surface area contributed by atoms with Gasteiger partial charge < -0.3 is 0 Å². The molecular formula is C17H17N3O2S. The van der Waals surface area contributed by atoms with Crippen LogP contribution in [0.1, 0.15) is 26.3 Å². The van der Waals surface area contributed by atoms with Crippen molar-refractivity contribution in [3.8, 4) is 0 Å². The van der Waals surface area contributed by atoms with E-state index in [-0.39, 0.29) is 12.1 Å². The van der Waals surface area contributed by atoms with Crippen molar-refractivity contribution in [2.24, 2.45) is 20.0 Å². The van der Waals surface area contributed by atoms with Gasteiger partial charge in [0.15, 0.2) is 0 Å². The van der Waals surface area contributed by atoms with Crippen molar-refractivity contribution in [1.29, 1.82) is 0 Å². The molecule has 0 saturated heterocycles. The van der Waals surface area contributed by atoms with Gasteiger partial charge in [0.2, 0.25) is 0 Å². The Balaban J connectivity index is 2.04. The molecule has 0 fully saturated rings. The van der Waals surface area contributed by atoms with E-state index in [1.165, 1.54) is 0 Å². The lowest BCUT2D eigenvalue weighted by molar-refractivity contribution is 0.372. The van der Waals surface area contributed by atoms with Gasteiger partial charge in [-0.25, -0.2) is 0 Å². The number of sulfonamides is 1. The zero-order valence-electron chi connectivity index (χ0n) is 13.2. The Morgan fingerprint density at radius 3 is 2.39 bits per heavy atom. The molecule has 0 bridgehead atoms. The van der Waals surface area contributed by atoms with Crippen LogP contribution in [-0.4, -0.2) is 26.2 Å². The summed E-state index contributed by atoms with van der Waals surface area (Å²) in [5, 5.41) is 8.84. The highest BCUT2D eigenvalue weighted by Gasteiger charge is 2.60. The maximum atomic E-state index is 12.9. The highest BCUT2D eigenvalue weighted by molar-refractivity contribution is 7.94. The molecule has 1 aromatic carbocycles. The fourth-order valence-electron chi connectivity index (χ4n) is 4.11. The number of allylic oxidation sites excluding steroid dienone is 2. The van der Waals surface area contributed by atoms with Crippen molar-refractivity contribution in [3.63, 3.8) is 0 Å². The van der Waals surface area contributed by atoms with Gasteiger partial charge in [-0.05, 0) is 37.5 Å². The van der Waals surface area contributed by atoms with Crippen LogP contribution >= 0.6 is 0 Å². The lowest BCUT2D eigenvalue weighted by Gasteiger charge is -2.41. The predicted octanol–water partition coefficient (Wildman–Crippen LogP) is 3.26. The van der Waals surface area contributed by atoms with Gasteiger partial charge in [0.1, 0.15) is 12.1 Å². The first-order valence-corrected chi connectivity index (χ1v) is 8.99. The van der Waals surface area contributed by atoms with Crippen molar-refractivity contribution in [3.05, 3.63) is 58.0 Å². The smallest absolute Gasteiger partial charge is 0.200 e. The first kappa shape index (κ1) is 14.5. The summed E-state index contributed by atoms with van der Waals surface area (Å²) in [5.74, 6) is 0. The Labute approximate surface area is 135 Å². The van der Waals surface area contributed by atoms with Crippen LogP contribution in [0.15, 0.2) is 67.1 Å². The Bertz CT molecular complexity index is 926. The quantitative estimate of drug-likeness (QED) is 0.794. The standard InChI is InChI=1S/C17H17N3O2S/c1-10-9-11(2)16-17(3)14(10)18-19-15(17)13(20-23(16,21)22)12-7-5-4-6-8-12/h4-9,14-15H,1-3H3. The monoisotopic (exact) mass is 327 g/mol. The lowest BCUT2D eigenvalue weighted by Crippen LogP contribution is -2.50. The average Bonchev–Trinajstić information content (AvgIpc) is 2.83. The SMILES string of the molecule is CC1=CC(C)=C2C3(C)C1N=NC3C(c1ccccc1)=NS2(=O)=O. The van der Waals surface area contributed by atoms with E-state index in [1.54, 1.807) is 0 Å². The van der Waals surface area contributed by atoms with Gasteiger partial charge >= 0.3 is 0 Å². The summed E-state index contributed by atoms with van der Waals surface area (Å²) < 4.78 is 29.9. The predicted molar refractivity (Wildman–Crippen MR) is 88.9 cm³/mol. The normalized spacial score (nSPS) is 34.0. The number of rotatable bonds is 1. The zero-order valence-corrected chi connectivity index (χ0v) is 14.0. The maximum absolute atomic E-state index is 12.9. The lowest BCUT2D eigenvalue weighted by atomic mass is 9.68. The van der Waals surface area contributed by atoms with Gasteiger partial charge in [0.25, 0.3) is 10.0 Å². The van der Waals surface area contributed by atoms with Crippen LogP contribution in [0.3, 0.4) is 0 Å². The summed E-state index contributed by atoms with van der Waals surface area (Å²) in [6, 6.07) is 8.77. The fourth-order valence-corrected chi connectivity index (χ4v) is 5.91. The first-order valence-electron chi connectivity index (χ1n) is 7.55. The van der Waals surface area contributed by atoms with Crippen molar-refractivity contribution in [2.75, 3.05) is 0 Å². The molecule has 4 rings (SSSR count). The second-order valence-corrected chi connectivity index (χ2v) is 8.08. The Hall–Kier alpha value is -2.08. The third kappa shape index (κ3) is 1.78. The molecule has 0 N–H and O–H groups in total. The number of hydrogen-bond acceptors (Lipinski definition) is 4. The molecule has 5 nitrogen and oxygen atoms in total. The van der Waals surface area contributed by atoms with Crippen molar-refractivity contribution >= 4 is 15.7 Å². The third-order valence-electron chi connectivity index (χ3n) is 4.96. The Morgan fingerprint density at radius 2 is 1.70 bits per heavy atom. The van der Waals surface area contributed by atoms with Crippen molar-refractivity contribution < 1.29 is 8.42 Å². The largest absolute Gasteiger partial charge is 0.279 e. The summed E-state index contributed by atoms with van der Waals surface area (Å²) in [6.07, 6.45) is 1.89. The average molecular weight is 327 g/mol. The van der Waals surface area contributed by atoms with Crippen molar-refractivity contribution in [1.82, 2.24) is 0 Å². The molecule has 1 aliphatic carbocycles. The minimum Gasteiger partial charge on any atom is -0.200 e. The third-order valence-corrected chi connectivity index (χ3v) is 6.68. The van der Waals surface area contributed by atoms with Gasteiger partial charge in [-0.2, -0.15) is 23.0 Å². The Morgan fingerprint density at radius 1 is 1.04 bits per heavy atom. The number of nitrogens with zero attached hydrogens (tertiary/aromatic N) is 3. The number of benzene rings is 1. The molecule has 0 amide bonds. The summed E-state index contributed by atoms with van der Waals surface area (Å²) in [5.41, 5.74) is 2.38. The minimum absolute atomic E-state index is 0.241. The van der Waals surface area contributed by atoms with Crippen LogP contribution in [0, 0.1) is 5.41 Å². The van der Waals surface area contributed by atoms with Gasteiger partial charge in [-0.15, -0.1) is 0 Å². The van der Waals surface area contributed by atoms with E-state index in [0.29, 0.717) is 10.6 Å². The molecule has 6 heteroatoms. The van der Waals surface area contributed by atoms with Gasteiger partial charge in [-0.3, -0.25) is 0 Å². The summed E-state index contributed by atoms with van der Waals surface area (Å²) in [7, 11) is -3.73. The van der Waals surface area contributed by atoms with E-state index in [0.717, 1.165) is 16.7 Å². The molecule has 0 radical (unpaired) electrons. The zero-order chi connectivity index (χ0) is 16.4. The van der Waals surface area contributed by atoms with E-state index in [4.69, 9.17) is 0 Å². The molecule has 1 aromatic rings. The molecule has 3 atom stereocenters. The van der Waals surface area contributed by atoms with Gasteiger partial charge in [0, 0.05) is 0 Å². The van der Waals surface area contributed by atoms with Crippen LogP contribution in [0.25, 0.3) is 0 Å². The Kier molecular flexibility index (Phi) is 2.82. The second kappa shape index (κ2) is 4.47. The molecule has 0 aromatic heterocycles. The maximum Gasteiger partial charge on any atom is 0.279 e. The first-order chi connectivity index (χ1) is 10.9. The molecule has 3 unspecified atom stereocenters. The number of azo groups is 1. The molecular weight excluding hydrogens is 310 g/mol. The second-order valence-electron chi connectivity index (χ2n) is 6.54. The van der Waals surface area contributed by atoms with Gasteiger partial charge in [-0.1, -0.05) is 36.4 Å². The summed E-state index contributed by atoms with van der Waals surface area (Å²) in [4.78, 5) is 0.371. The topological polar surface area (TPSA) is 71.2 Å². The molecule has 0 saturated carbocycles. The molecule has 2 aliphatic heterocycles. The molecule has 3 aliphatic rings. The van der Waals surface area contributed by atoms with Crippen LogP contribution in [-0.2, 0) is 10.0 Å². The summed E-state index contributed by atoms with van der Waals surface area (Å²) >= 11 is 0. The molecule has 118 valence electrons. The van der Waals surface area contributed by atoms with E-state index in [1.807, 2.05) is 57.2 Å². The summed E-state index contributed by atoms with van der Waals surface area (Å²) in [6.45, 7) is 5.77. The minimum atomic E-state index is -3.73. The van der Waals surface area contributed by atoms with Crippen LogP contribution in [0.2, 0.25) is 0 Å². The number of hydrogen-bond donors (Lipinski definition) is 0. The molecule has 0 spiro atoms. The van der Waals surface area contributed by atoms with E-state index < -0.39 is 15.4 Å². The van der Waals surface area contributed by atoms with Crippen LogP contribution < -0.4 is 0 Å². The van der Waals surface area contributed by atoms with E-state index in [9.17, 15) is 8.42 Å². The van der Waals surface area contributed by atoms with E-state index >= 15 is 0 Å². The molecule has 2 heterocycles. The fraction of sp³-hybridized carbons (Fsp3) is 0.353. The highest BCUT2D eigenvalue weighted by atomic mass is 32.2. The molecule has 23 heavy (non-hydrogen) atoms. The van der Waals surface area contributed by atoms with Crippen LogP contribution in [0.5, 0.6) is 0 Å². The van der Waals surface area contributed by atoms with E-state index in [2.05, 4.69) is 14.6 Å².